The first-order chi connectivity index (χ1) is 9.51. The summed E-state index contributed by atoms with van der Waals surface area (Å²) in [7, 11) is 0. The van der Waals surface area contributed by atoms with Crippen molar-refractivity contribution in [2.45, 2.75) is 53.4 Å². The van der Waals surface area contributed by atoms with Crippen molar-refractivity contribution in [2.24, 2.45) is 23.7 Å². The maximum absolute atomic E-state index is 3.83. The van der Waals surface area contributed by atoms with Crippen molar-refractivity contribution in [3.05, 3.63) is 49.6 Å². The van der Waals surface area contributed by atoms with Gasteiger partial charge in [0.05, 0.1) is 0 Å². The third-order valence-electron chi connectivity index (χ3n) is 4.18. The van der Waals surface area contributed by atoms with Crippen LogP contribution in [0.25, 0.3) is 0 Å². The van der Waals surface area contributed by atoms with Gasteiger partial charge in [0.1, 0.15) is 0 Å². The second-order valence-corrected chi connectivity index (χ2v) is 6.30. The molecule has 0 radical (unpaired) electrons. The van der Waals surface area contributed by atoms with E-state index in [1.165, 1.54) is 12.8 Å². The van der Waals surface area contributed by atoms with Crippen LogP contribution in [0.2, 0.25) is 0 Å². The monoisotopic (exact) mass is 274 g/mol. The summed E-state index contributed by atoms with van der Waals surface area (Å²) in [6.07, 6.45) is 17.8. The molecule has 0 heterocycles. The quantitative estimate of drug-likeness (QED) is 0.295. The van der Waals surface area contributed by atoms with Crippen molar-refractivity contribution in [1.29, 1.82) is 0 Å². The lowest BCUT2D eigenvalue weighted by Crippen LogP contribution is -2.05. The van der Waals surface area contributed by atoms with Gasteiger partial charge in [0.2, 0.25) is 0 Å². The number of hydrogen-bond donors (Lipinski definition) is 0. The molecule has 0 bridgehead atoms. The SMILES string of the molecule is C=CCC(C)C(C)CC=CC=CC(C)CCC(C)C=C. The topological polar surface area (TPSA) is 0 Å². The van der Waals surface area contributed by atoms with Crippen LogP contribution < -0.4 is 0 Å². The minimum Gasteiger partial charge on any atom is -0.103 e. The van der Waals surface area contributed by atoms with Crippen LogP contribution in [0.5, 0.6) is 0 Å². The Morgan fingerprint density at radius 1 is 0.800 bits per heavy atom. The first kappa shape index (κ1) is 19.0. The standard InChI is InChI=1S/C20H34/c1-7-12-19(5)20(6)14-11-9-10-13-18(4)16-15-17(3)8-2/h7-11,13,17-20H,1-2,12,14-16H2,3-6H3. The Morgan fingerprint density at radius 3 is 2.00 bits per heavy atom. The molecule has 4 atom stereocenters. The zero-order chi connectivity index (χ0) is 15.4. The lowest BCUT2D eigenvalue weighted by Gasteiger charge is -2.16. The maximum atomic E-state index is 3.83. The molecule has 0 aliphatic heterocycles. The zero-order valence-corrected chi connectivity index (χ0v) is 14.0. The fourth-order valence-corrected chi connectivity index (χ4v) is 2.09. The first-order valence-corrected chi connectivity index (χ1v) is 8.08. The average Bonchev–Trinajstić information content (AvgIpc) is 2.44. The molecule has 0 nitrogen and oxygen atoms in total. The molecular weight excluding hydrogens is 240 g/mol. The van der Waals surface area contributed by atoms with Gasteiger partial charge in [-0.05, 0) is 49.4 Å². The van der Waals surface area contributed by atoms with Crippen LogP contribution >= 0.6 is 0 Å². The van der Waals surface area contributed by atoms with Crippen molar-refractivity contribution in [3.8, 4) is 0 Å². The molecule has 0 heteroatoms. The molecule has 0 saturated heterocycles. The molecule has 0 saturated carbocycles. The molecule has 0 amide bonds. The summed E-state index contributed by atoms with van der Waals surface area (Å²) in [4.78, 5) is 0. The molecular formula is C20H34. The first-order valence-electron chi connectivity index (χ1n) is 8.08. The smallest absolute Gasteiger partial charge is 0.0259 e. The molecule has 0 aliphatic carbocycles. The minimum atomic E-state index is 0.633. The summed E-state index contributed by atoms with van der Waals surface area (Å²) in [5.74, 6) is 2.73. The third kappa shape index (κ3) is 9.83. The summed E-state index contributed by atoms with van der Waals surface area (Å²) < 4.78 is 0. The van der Waals surface area contributed by atoms with Crippen LogP contribution in [-0.4, -0.2) is 0 Å². The van der Waals surface area contributed by atoms with Gasteiger partial charge in [-0.1, -0.05) is 64.2 Å². The number of rotatable bonds is 11. The van der Waals surface area contributed by atoms with Gasteiger partial charge < -0.3 is 0 Å². The molecule has 0 N–H and O–H groups in total. The molecule has 0 aromatic rings. The van der Waals surface area contributed by atoms with E-state index in [0.29, 0.717) is 11.8 Å². The van der Waals surface area contributed by atoms with E-state index in [9.17, 15) is 0 Å². The third-order valence-corrected chi connectivity index (χ3v) is 4.18. The Balaban J connectivity index is 3.90. The maximum Gasteiger partial charge on any atom is -0.0259 e. The van der Waals surface area contributed by atoms with Crippen LogP contribution in [0.15, 0.2) is 49.6 Å². The Morgan fingerprint density at radius 2 is 1.40 bits per heavy atom. The predicted octanol–water partition coefficient (Wildman–Crippen LogP) is 6.58. The van der Waals surface area contributed by atoms with Gasteiger partial charge in [0, 0.05) is 0 Å². The Hall–Kier alpha value is -1.04. The van der Waals surface area contributed by atoms with Gasteiger partial charge in [-0.2, -0.15) is 0 Å². The molecule has 4 unspecified atom stereocenters. The summed E-state index contributed by atoms with van der Waals surface area (Å²) in [5, 5.41) is 0. The lowest BCUT2D eigenvalue weighted by atomic mass is 9.90. The number of hydrogen-bond acceptors (Lipinski definition) is 0. The summed E-state index contributed by atoms with van der Waals surface area (Å²) >= 11 is 0. The van der Waals surface area contributed by atoms with Crippen molar-refractivity contribution >= 4 is 0 Å². The van der Waals surface area contributed by atoms with Gasteiger partial charge >= 0.3 is 0 Å². The highest BCUT2D eigenvalue weighted by Gasteiger charge is 2.08. The predicted molar refractivity (Wildman–Crippen MR) is 93.8 cm³/mol. The fourth-order valence-electron chi connectivity index (χ4n) is 2.09. The Kier molecular flexibility index (Phi) is 11.1. The molecule has 114 valence electrons. The van der Waals surface area contributed by atoms with Crippen molar-refractivity contribution in [3.63, 3.8) is 0 Å². The molecule has 0 spiro atoms. The average molecular weight is 274 g/mol. The number of allylic oxidation sites excluding steroid dienone is 6. The summed E-state index contributed by atoms with van der Waals surface area (Å²) in [6, 6.07) is 0. The van der Waals surface area contributed by atoms with E-state index in [1.54, 1.807) is 0 Å². The Bertz CT molecular complexity index is 308. The van der Waals surface area contributed by atoms with Crippen molar-refractivity contribution in [2.75, 3.05) is 0 Å². The lowest BCUT2D eigenvalue weighted by molar-refractivity contribution is 0.395. The zero-order valence-electron chi connectivity index (χ0n) is 14.0. The van der Waals surface area contributed by atoms with E-state index in [-0.39, 0.29) is 0 Å². The molecule has 0 fully saturated rings. The van der Waals surface area contributed by atoms with Crippen LogP contribution in [0.1, 0.15) is 53.4 Å². The normalized spacial score (nSPS) is 18.0. The van der Waals surface area contributed by atoms with Crippen LogP contribution in [-0.2, 0) is 0 Å². The highest BCUT2D eigenvalue weighted by Crippen LogP contribution is 2.19. The highest BCUT2D eigenvalue weighted by molar-refractivity contribution is 5.04. The van der Waals surface area contributed by atoms with E-state index < -0.39 is 0 Å². The van der Waals surface area contributed by atoms with E-state index in [4.69, 9.17) is 0 Å². The molecule has 0 aromatic heterocycles. The minimum absolute atomic E-state index is 0.633. The highest BCUT2D eigenvalue weighted by atomic mass is 14.1. The second-order valence-electron chi connectivity index (χ2n) is 6.30. The fraction of sp³-hybridized carbons (Fsp3) is 0.600. The largest absolute Gasteiger partial charge is 0.103 e. The molecule has 20 heavy (non-hydrogen) atoms. The van der Waals surface area contributed by atoms with Gasteiger partial charge in [0.15, 0.2) is 0 Å². The molecule has 0 aromatic carbocycles. The van der Waals surface area contributed by atoms with Gasteiger partial charge in [-0.3, -0.25) is 0 Å². The van der Waals surface area contributed by atoms with Crippen LogP contribution in [0, 0.1) is 23.7 Å². The van der Waals surface area contributed by atoms with E-state index in [1.807, 2.05) is 12.2 Å². The van der Waals surface area contributed by atoms with Gasteiger partial charge in [0.25, 0.3) is 0 Å². The van der Waals surface area contributed by atoms with Crippen molar-refractivity contribution < 1.29 is 0 Å². The van der Waals surface area contributed by atoms with Crippen LogP contribution in [0.4, 0.5) is 0 Å². The van der Waals surface area contributed by atoms with E-state index >= 15 is 0 Å². The van der Waals surface area contributed by atoms with E-state index in [2.05, 4.69) is 65.2 Å². The van der Waals surface area contributed by atoms with Gasteiger partial charge in [-0.25, -0.2) is 0 Å². The molecule has 0 aliphatic rings. The molecule has 0 rings (SSSR count). The summed E-state index contributed by atoms with van der Waals surface area (Å²) in [6.45, 7) is 16.8. The Labute approximate surface area is 127 Å². The van der Waals surface area contributed by atoms with Crippen LogP contribution in [0.3, 0.4) is 0 Å². The summed E-state index contributed by atoms with van der Waals surface area (Å²) in [5.41, 5.74) is 0. The van der Waals surface area contributed by atoms with Gasteiger partial charge in [-0.15, -0.1) is 13.2 Å². The second kappa shape index (κ2) is 11.8. The van der Waals surface area contributed by atoms with Crippen molar-refractivity contribution in [1.82, 2.24) is 0 Å². The van der Waals surface area contributed by atoms with E-state index in [0.717, 1.165) is 24.7 Å².